The molecule has 6 heteroatoms. The first-order chi connectivity index (χ1) is 11.4. The van der Waals surface area contributed by atoms with Crippen molar-refractivity contribution in [3.8, 4) is 0 Å². The number of benzene rings is 1. The van der Waals surface area contributed by atoms with Crippen molar-refractivity contribution in [2.75, 3.05) is 39.4 Å². The molecular weight excluding hydrogens is 320 g/mol. The largest absolute Gasteiger partial charge is 0.379 e. The van der Waals surface area contributed by atoms with E-state index in [-0.39, 0.29) is 5.41 Å². The van der Waals surface area contributed by atoms with Gasteiger partial charge in [0.15, 0.2) is 5.11 Å². The zero-order valence-electron chi connectivity index (χ0n) is 14.8. The van der Waals surface area contributed by atoms with E-state index in [1.165, 1.54) is 5.56 Å². The monoisotopic (exact) mass is 348 g/mol. The Labute approximate surface area is 150 Å². The molecule has 2 N–H and O–H groups in total. The van der Waals surface area contributed by atoms with Crippen LogP contribution in [-0.4, -0.2) is 55.6 Å². The first-order valence-electron chi connectivity index (χ1n) is 8.43. The van der Waals surface area contributed by atoms with Crippen molar-refractivity contribution in [3.05, 3.63) is 35.4 Å². The third-order valence-electron chi connectivity index (χ3n) is 3.97. The summed E-state index contributed by atoms with van der Waals surface area (Å²) >= 11 is 5.23. The fourth-order valence-corrected chi connectivity index (χ4v) is 2.58. The van der Waals surface area contributed by atoms with Crippen molar-refractivity contribution >= 4 is 23.5 Å². The number of hydrogen-bond donors (Lipinski definition) is 2. The lowest BCUT2D eigenvalue weighted by Crippen LogP contribution is -2.42. The smallest absolute Gasteiger partial charge is 0.187 e. The van der Waals surface area contributed by atoms with E-state index in [0.717, 1.165) is 45.0 Å². The van der Waals surface area contributed by atoms with Gasteiger partial charge in [-0.25, -0.2) is 0 Å². The Hall–Kier alpha value is -1.50. The number of rotatable bonds is 5. The van der Waals surface area contributed by atoms with Crippen LogP contribution in [-0.2, 0) is 10.2 Å². The first-order valence-corrected chi connectivity index (χ1v) is 8.83. The summed E-state index contributed by atoms with van der Waals surface area (Å²) in [6.45, 7) is 12.0. The first kappa shape index (κ1) is 18.8. The summed E-state index contributed by atoms with van der Waals surface area (Å²) in [7, 11) is 0. The second-order valence-corrected chi connectivity index (χ2v) is 7.36. The lowest BCUT2D eigenvalue weighted by atomic mass is 9.87. The van der Waals surface area contributed by atoms with Gasteiger partial charge in [-0.1, -0.05) is 45.0 Å². The Morgan fingerprint density at radius 2 is 1.92 bits per heavy atom. The maximum atomic E-state index is 5.33. The lowest BCUT2D eigenvalue weighted by Gasteiger charge is -2.26. The van der Waals surface area contributed by atoms with E-state index in [1.54, 1.807) is 6.21 Å². The molecular formula is C18H28N4OS. The van der Waals surface area contributed by atoms with Crippen molar-refractivity contribution in [2.45, 2.75) is 26.2 Å². The minimum atomic E-state index is 0.167. The fourth-order valence-electron chi connectivity index (χ4n) is 2.43. The third-order valence-corrected chi connectivity index (χ3v) is 4.21. The Morgan fingerprint density at radius 3 is 2.54 bits per heavy atom. The minimum Gasteiger partial charge on any atom is -0.379 e. The van der Waals surface area contributed by atoms with E-state index >= 15 is 0 Å². The Kier molecular flexibility index (Phi) is 7.15. The summed E-state index contributed by atoms with van der Waals surface area (Å²) in [6.07, 6.45) is 1.78. The second kappa shape index (κ2) is 9.11. The zero-order chi connectivity index (χ0) is 17.4. The van der Waals surface area contributed by atoms with Crippen molar-refractivity contribution in [1.29, 1.82) is 0 Å². The summed E-state index contributed by atoms with van der Waals surface area (Å²) in [5.41, 5.74) is 5.39. The Morgan fingerprint density at radius 1 is 1.25 bits per heavy atom. The highest BCUT2D eigenvalue weighted by Gasteiger charge is 2.12. The molecule has 24 heavy (non-hydrogen) atoms. The van der Waals surface area contributed by atoms with Crippen LogP contribution in [0.4, 0.5) is 0 Å². The van der Waals surface area contributed by atoms with Gasteiger partial charge in [-0.2, -0.15) is 5.10 Å². The van der Waals surface area contributed by atoms with Crippen LogP contribution in [0.5, 0.6) is 0 Å². The molecule has 1 aliphatic rings. The lowest BCUT2D eigenvalue weighted by molar-refractivity contribution is 0.0389. The molecule has 0 saturated carbocycles. The maximum absolute atomic E-state index is 5.33. The molecule has 5 nitrogen and oxygen atoms in total. The van der Waals surface area contributed by atoms with Crippen molar-refractivity contribution < 1.29 is 4.74 Å². The summed E-state index contributed by atoms with van der Waals surface area (Å²) in [5, 5.41) is 7.90. The van der Waals surface area contributed by atoms with E-state index < -0.39 is 0 Å². The van der Waals surface area contributed by atoms with Gasteiger partial charge in [0.05, 0.1) is 19.4 Å². The van der Waals surface area contributed by atoms with E-state index in [4.69, 9.17) is 17.0 Å². The normalized spacial score (nSPS) is 16.3. The highest BCUT2D eigenvalue weighted by atomic mass is 32.1. The van der Waals surface area contributed by atoms with Gasteiger partial charge in [-0.05, 0) is 28.8 Å². The highest BCUT2D eigenvalue weighted by molar-refractivity contribution is 7.80. The molecule has 0 atom stereocenters. The molecule has 1 aliphatic heterocycles. The molecule has 0 unspecified atom stereocenters. The Balaban J connectivity index is 1.68. The number of thiocarbonyl (C=S) groups is 1. The van der Waals surface area contributed by atoms with Crippen LogP contribution in [0.3, 0.4) is 0 Å². The van der Waals surface area contributed by atoms with Gasteiger partial charge in [0, 0.05) is 26.2 Å². The van der Waals surface area contributed by atoms with Crippen LogP contribution in [0, 0.1) is 0 Å². The van der Waals surface area contributed by atoms with Crippen LogP contribution in [0.1, 0.15) is 31.9 Å². The number of morpholine rings is 1. The Bertz CT molecular complexity index is 545. The average Bonchev–Trinajstić information content (AvgIpc) is 2.55. The second-order valence-electron chi connectivity index (χ2n) is 6.95. The van der Waals surface area contributed by atoms with Gasteiger partial charge in [-0.3, -0.25) is 10.3 Å². The summed E-state index contributed by atoms with van der Waals surface area (Å²) in [6, 6.07) is 8.42. The van der Waals surface area contributed by atoms with Crippen molar-refractivity contribution in [3.63, 3.8) is 0 Å². The number of hydrogen-bond acceptors (Lipinski definition) is 4. The van der Waals surface area contributed by atoms with Crippen LogP contribution < -0.4 is 10.7 Å². The number of nitrogens with zero attached hydrogens (tertiary/aromatic N) is 2. The van der Waals surface area contributed by atoms with Crippen LogP contribution in [0.2, 0.25) is 0 Å². The van der Waals surface area contributed by atoms with E-state index in [9.17, 15) is 0 Å². The summed E-state index contributed by atoms with van der Waals surface area (Å²) < 4.78 is 5.33. The molecule has 0 radical (unpaired) electrons. The zero-order valence-corrected chi connectivity index (χ0v) is 15.7. The molecule has 0 amide bonds. The predicted molar refractivity (Wildman–Crippen MR) is 104 cm³/mol. The van der Waals surface area contributed by atoms with Crippen molar-refractivity contribution in [1.82, 2.24) is 15.6 Å². The average molecular weight is 349 g/mol. The van der Waals surface area contributed by atoms with Gasteiger partial charge in [0.25, 0.3) is 0 Å². The number of hydrazone groups is 1. The number of nitrogens with one attached hydrogen (secondary N) is 2. The molecule has 1 fully saturated rings. The molecule has 0 bridgehead atoms. The number of ether oxygens (including phenoxy) is 1. The van der Waals surface area contributed by atoms with Crippen molar-refractivity contribution in [2.24, 2.45) is 5.10 Å². The fraction of sp³-hybridized carbons (Fsp3) is 0.556. The SMILES string of the molecule is CC(C)(C)c1ccc(/C=N\NC(=S)NCCN2CCOCC2)cc1. The van der Waals surface area contributed by atoms with Crippen LogP contribution in [0.15, 0.2) is 29.4 Å². The molecule has 1 saturated heterocycles. The van der Waals surface area contributed by atoms with E-state index in [1.807, 2.05) is 0 Å². The minimum absolute atomic E-state index is 0.167. The van der Waals surface area contributed by atoms with Gasteiger partial charge < -0.3 is 10.1 Å². The molecule has 1 heterocycles. The molecule has 1 aromatic carbocycles. The molecule has 0 spiro atoms. The predicted octanol–water partition coefficient (Wildman–Crippen LogP) is 2.11. The highest BCUT2D eigenvalue weighted by Crippen LogP contribution is 2.21. The van der Waals surface area contributed by atoms with Gasteiger partial charge >= 0.3 is 0 Å². The summed E-state index contributed by atoms with van der Waals surface area (Å²) in [4.78, 5) is 2.36. The molecule has 2 rings (SSSR count). The van der Waals surface area contributed by atoms with E-state index in [2.05, 4.69) is 65.8 Å². The molecule has 132 valence electrons. The van der Waals surface area contributed by atoms with E-state index in [0.29, 0.717) is 5.11 Å². The molecule has 0 aliphatic carbocycles. The van der Waals surface area contributed by atoms with Crippen LogP contribution in [0.25, 0.3) is 0 Å². The standard InChI is InChI=1S/C18H28N4OS/c1-18(2,3)16-6-4-15(5-7-16)14-20-21-17(24)19-8-9-22-10-12-23-13-11-22/h4-7,14H,8-13H2,1-3H3,(H2,19,21,24)/b20-14-. The molecule has 1 aromatic rings. The van der Waals surface area contributed by atoms with Gasteiger partial charge in [0.1, 0.15) is 0 Å². The third kappa shape index (κ3) is 6.55. The topological polar surface area (TPSA) is 48.9 Å². The quantitative estimate of drug-likeness (QED) is 0.485. The van der Waals surface area contributed by atoms with Crippen LogP contribution >= 0.6 is 12.2 Å². The molecule has 0 aromatic heterocycles. The maximum Gasteiger partial charge on any atom is 0.187 e. The summed E-state index contributed by atoms with van der Waals surface area (Å²) in [5.74, 6) is 0. The van der Waals surface area contributed by atoms with Gasteiger partial charge in [0.2, 0.25) is 0 Å². The van der Waals surface area contributed by atoms with Gasteiger partial charge in [-0.15, -0.1) is 0 Å².